The van der Waals surface area contributed by atoms with E-state index >= 15 is 0 Å². The van der Waals surface area contributed by atoms with E-state index in [4.69, 9.17) is 4.42 Å². The number of benzene rings is 1. The van der Waals surface area contributed by atoms with Crippen LogP contribution in [0.2, 0.25) is 0 Å². The maximum Gasteiger partial charge on any atom is 0.344 e. The molecule has 2 N–H and O–H groups in total. The van der Waals surface area contributed by atoms with Crippen LogP contribution in [-0.4, -0.2) is 39.1 Å². The number of amides is 4. The van der Waals surface area contributed by atoms with Gasteiger partial charge in [0.15, 0.2) is 5.58 Å². The SMILES string of the molecule is O=C(CSc1nc2ccccc2o1)NN1C(=O)NC2(CCCCC2)C1=O. The Bertz CT molecular complexity index is 842. The van der Waals surface area contributed by atoms with Gasteiger partial charge in [-0.2, -0.15) is 5.01 Å². The number of nitrogens with zero attached hydrogens (tertiary/aromatic N) is 2. The summed E-state index contributed by atoms with van der Waals surface area (Å²) in [4.78, 5) is 41.2. The molecule has 2 fully saturated rings. The van der Waals surface area contributed by atoms with Gasteiger partial charge >= 0.3 is 6.03 Å². The predicted molar refractivity (Wildman–Crippen MR) is 94.1 cm³/mol. The van der Waals surface area contributed by atoms with E-state index in [2.05, 4.69) is 15.7 Å². The van der Waals surface area contributed by atoms with Crippen molar-refractivity contribution in [2.45, 2.75) is 42.9 Å². The number of hydrazine groups is 1. The lowest BCUT2D eigenvalue weighted by atomic mass is 9.82. The molecule has 1 aromatic carbocycles. The van der Waals surface area contributed by atoms with Crippen LogP contribution in [0.15, 0.2) is 33.9 Å². The second-order valence-electron chi connectivity index (χ2n) is 6.48. The zero-order valence-corrected chi connectivity index (χ0v) is 14.8. The maximum absolute atomic E-state index is 12.6. The Labute approximate surface area is 153 Å². The highest BCUT2D eigenvalue weighted by Gasteiger charge is 2.52. The van der Waals surface area contributed by atoms with Crippen molar-refractivity contribution in [3.63, 3.8) is 0 Å². The minimum absolute atomic E-state index is 0.0170. The van der Waals surface area contributed by atoms with Gasteiger partial charge in [-0.1, -0.05) is 43.2 Å². The van der Waals surface area contributed by atoms with Gasteiger partial charge in [0, 0.05) is 0 Å². The summed E-state index contributed by atoms with van der Waals surface area (Å²) in [6.45, 7) is 0. The van der Waals surface area contributed by atoms with Crippen LogP contribution >= 0.6 is 11.8 Å². The number of aromatic nitrogens is 1. The van der Waals surface area contributed by atoms with Crippen LogP contribution in [0.3, 0.4) is 0 Å². The van der Waals surface area contributed by atoms with Crippen molar-refractivity contribution in [3.8, 4) is 0 Å². The van der Waals surface area contributed by atoms with Crippen molar-refractivity contribution in [2.75, 3.05) is 5.75 Å². The van der Waals surface area contributed by atoms with E-state index in [0.717, 1.165) is 36.0 Å². The molecule has 8 nitrogen and oxygen atoms in total. The van der Waals surface area contributed by atoms with E-state index in [9.17, 15) is 14.4 Å². The molecule has 26 heavy (non-hydrogen) atoms. The molecule has 2 aliphatic rings. The fraction of sp³-hybridized carbons (Fsp3) is 0.412. The number of fused-ring (bicyclic) bond motifs is 1. The van der Waals surface area contributed by atoms with E-state index in [0.29, 0.717) is 29.2 Å². The van der Waals surface area contributed by atoms with E-state index < -0.39 is 17.5 Å². The average Bonchev–Trinajstić information content (AvgIpc) is 3.15. The first-order chi connectivity index (χ1) is 12.6. The van der Waals surface area contributed by atoms with Crippen molar-refractivity contribution < 1.29 is 18.8 Å². The third kappa shape index (κ3) is 3.03. The topological polar surface area (TPSA) is 105 Å². The Kier molecular flexibility index (Phi) is 4.31. The molecule has 136 valence electrons. The van der Waals surface area contributed by atoms with Crippen molar-refractivity contribution in [1.29, 1.82) is 0 Å². The molecule has 0 radical (unpaired) electrons. The van der Waals surface area contributed by atoms with Crippen LogP contribution in [0.25, 0.3) is 11.1 Å². The first-order valence-electron chi connectivity index (χ1n) is 8.52. The first-order valence-corrected chi connectivity index (χ1v) is 9.51. The minimum atomic E-state index is -0.851. The molecular weight excluding hydrogens is 356 g/mol. The smallest absolute Gasteiger partial charge is 0.344 e. The number of urea groups is 1. The highest BCUT2D eigenvalue weighted by atomic mass is 32.2. The van der Waals surface area contributed by atoms with Crippen LogP contribution in [0, 0.1) is 0 Å². The van der Waals surface area contributed by atoms with Gasteiger partial charge in [-0.05, 0) is 25.0 Å². The lowest BCUT2D eigenvalue weighted by molar-refractivity contribution is -0.139. The fourth-order valence-electron chi connectivity index (χ4n) is 3.41. The number of hydrogen-bond donors (Lipinski definition) is 2. The van der Waals surface area contributed by atoms with Crippen LogP contribution in [0.5, 0.6) is 0 Å². The Hall–Kier alpha value is -2.55. The first kappa shape index (κ1) is 16.9. The molecule has 1 aromatic heterocycles. The Morgan fingerprint density at radius 3 is 2.81 bits per heavy atom. The number of oxazole rings is 1. The number of hydrogen-bond acceptors (Lipinski definition) is 6. The number of para-hydroxylation sites is 2. The van der Waals surface area contributed by atoms with Crippen LogP contribution in [0.4, 0.5) is 4.79 Å². The third-order valence-corrected chi connectivity index (χ3v) is 5.53. The standard InChI is InChI=1S/C17H18N4O4S/c22-13(10-26-16-18-11-6-2-3-7-12(11)25-16)20-21-14(23)17(19-15(21)24)8-4-1-5-9-17/h2-3,6-7H,1,4-5,8-10H2,(H,19,24)(H,20,22). The molecule has 0 atom stereocenters. The number of imide groups is 1. The zero-order chi connectivity index (χ0) is 18.1. The number of thioether (sulfide) groups is 1. The summed E-state index contributed by atoms with van der Waals surface area (Å²) in [5.74, 6) is -0.854. The van der Waals surface area contributed by atoms with Crippen LogP contribution in [0.1, 0.15) is 32.1 Å². The fourth-order valence-corrected chi connectivity index (χ4v) is 4.04. The molecular formula is C17H18N4O4S. The van der Waals surface area contributed by atoms with Crippen LogP contribution in [-0.2, 0) is 9.59 Å². The molecule has 1 saturated carbocycles. The highest BCUT2D eigenvalue weighted by Crippen LogP contribution is 2.33. The van der Waals surface area contributed by atoms with E-state index in [-0.39, 0.29) is 11.7 Å². The lowest BCUT2D eigenvalue weighted by Gasteiger charge is -2.30. The van der Waals surface area contributed by atoms with Gasteiger partial charge in [0.1, 0.15) is 11.1 Å². The molecule has 9 heteroatoms. The van der Waals surface area contributed by atoms with Crippen molar-refractivity contribution in [3.05, 3.63) is 24.3 Å². The molecule has 1 saturated heterocycles. The highest BCUT2D eigenvalue weighted by molar-refractivity contribution is 7.99. The predicted octanol–water partition coefficient (Wildman–Crippen LogP) is 2.21. The summed E-state index contributed by atoms with van der Waals surface area (Å²) in [6, 6.07) is 6.73. The van der Waals surface area contributed by atoms with Gasteiger partial charge in [-0.15, -0.1) is 0 Å². The molecule has 0 unspecified atom stereocenters. The Balaban J connectivity index is 1.37. The Morgan fingerprint density at radius 1 is 1.27 bits per heavy atom. The number of carbonyl (C=O) groups excluding carboxylic acids is 3. The summed E-state index contributed by atoms with van der Waals surface area (Å²) in [5, 5.41) is 3.92. The van der Waals surface area contributed by atoms with E-state index in [1.54, 1.807) is 6.07 Å². The second-order valence-corrected chi connectivity index (χ2v) is 7.41. The lowest BCUT2D eigenvalue weighted by Crippen LogP contribution is -2.51. The number of nitrogens with one attached hydrogen (secondary N) is 2. The van der Waals surface area contributed by atoms with Gasteiger partial charge in [0.05, 0.1) is 5.75 Å². The monoisotopic (exact) mass is 374 g/mol. The van der Waals surface area contributed by atoms with E-state index in [1.165, 1.54) is 0 Å². The van der Waals surface area contributed by atoms with E-state index in [1.807, 2.05) is 18.2 Å². The van der Waals surface area contributed by atoms with Gasteiger partial charge in [0.2, 0.25) is 5.91 Å². The second kappa shape index (κ2) is 6.64. The van der Waals surface area contributed by atoms with Gasteiger partial charge < -0.3 is 9.73 Å². The average molecular weight is 374 g/mol. The van der Waals surface area contributed by atoms with Crippen LogP contribution < -0.4 is 10.7 Å². The number of carbonyl (C=O) groups is 3. The molecule has 1 spiro atoms. The molecule has 2 heterocycles. The summed E-state index contributed by atoms with van der Waals surface area (Å²) >= 11 is 1.11. The molecule has 2 aromatic rings. The van der Waals surface area contributed by atoms with Gasteiger partial charge in [0.25, 0.3) is 11.1 Å². The molecule has 0 bridgehead atoms. The van der Waals surface area contributed by atoms with Gasteiger partial charge in [-0.25, -0.2) is 9.78 Å². The normalized spacial score (nSPS) is 19.2. The Morgan fingerprint density at radius 2 is 2.04 bits per heavy atom. The molecule has 1 aliphatic heterocycles. The largest absolute Gasteiger partial charge is 0.431 e. The minimum Gasteiger partial charge on any atom is -0.431 e. The third-order valence-electron chi connectivity index (χ3n) is 4.71. The summed E-state index contributed by atoms with van der Waals surface area (Å²) < 4.78 is 5.53. The zero-order valence-electron chi connectivity index (χ0n) is 14.0. The summed E-state index contributed by atoms with van der Waals surface area (Å²) in [5.41, 5.74) is 2.90. The maximum atomic E-state index is 12.6. The van der Waals surface area contributed by atoms with Crippen molar-refractivity contribution in [2.24, 2.45) is 0 Å². The summed E-state index contributed by atoms with van der Waals surface area (Å²) in [7, 11) is 0. The van der Waals surface area contributed by atoms with Gasteiger partial charge in [-0.3, -0.25) is 15.0 Å². The molecule has 4 amide bonds. The quantitative estimate of drug-likeness (QED) is 0.628. The summed E-state index contributed by atoms with van der Waals surface area (Å²) in [6.07, 6.45) is 4.06. The van der Waals surface area contributed by atoms with Crippen molar-refractivity contribution in [1.82, 2.24) is 20.7 Å². The molecule has 1 aliphatic carbocycles. The molecule has 4 rings (SSSR count). The number of rotatable bonds is 4. The van der Waals surface area contributed by atoms with Crippen molar-refractivity contribution >= 4 is 40.7 Å².